The summed E-state index contributed by atoms with van der Waals surface area (Å²) in [7, 11) is 1.22. The van der Waals surface area contributed by atoms with Gasteiger partial charge in [-0.15, -0.1) is 0 Å². The average molecular weight is 345 g/mol. The minimum absolute atomic E-state index is 0.0887. The van der Waals surface area contributed by atoms with E-state index >= 15 is 0 Å². The van der Waals surface area contributed by atoms with Gasteiger partial charge in [0.2, 0.25) is 0 Å². The summed E-state index contributed by atoms with van der Waals surface area (Å²) in [5, 5.41) is 13.7. The quantitative estimate of drug-likeness (QED) is 0.722. The molecule has 0 saturated heterocycles. The van der Waals surface area contributed by atoms with Gasteiger partial charge in [0.25, 0.3) is 0 Å². The summed E-state index contributed by atoms with van der Waals surface area (Å²) in [6, 6.07) is 2.76. The predicted molar refractivity (Wildman–Crippen MR) is 74.7 cm³/mol. The zero-order valence-electron chi connectivity index (χ0n) is 10.8. The largest absolute Gasteiger partial charge is 0.478 e. The van der Waals surface area contributed by atoms with Crippen molar-refractivity contribution >= 4 is 39.6 Å². The number of carboxylic acids is 1. The van der Waals surface area contributed by atoms with Crippen molar-refractivity contribution in [3.63, 3.8) is 0 Å². The number of carbonyl (C=O) groups is 3. The number of carboxylic acid groups (broad SMARTS) is 1. The van der Waals surface area contributed by atoms with E-state index in [1.54, 1.807) is 0 Å². The first-order chi connectivity index (χ1) is 9.35. The number of nitrogens with one attached hydrogen (secondary N) is 2. The summed E-state index contributed by atoms with van der Waals surface area (Å²) >= 11 is 3.16. The third-order valence-electron chi connectivity index (χ3n) is 2.37. The van der Waals surface area contributed by atoms with Crippen molar-refractivity contribution in [2.24, 2.45) is 0 Å². The number of halogens is 1. The number of anilines is 1. The lowest BCUT2D eigenvalue weighted by molar-refractivity contribution is -0.142. The van der Waals surface area contributed by atoms with Crippen molar-refractivity contribution in [3.8, 4) is 0 Å². The van der Waals surface area contributed by atoms with Crippen molar-refractivity contribution in [3.05, 3.63) is 28.2 Å². The van der Waals surface area contributed by atoms with Crippen LogP contribution in [-0.4, -0.2) is 36.2 Å². The molecule has 0 aromatic heterocycles. The number of ether oxygens (including phenoxy) is 1. The molecule has 0 heterocycles. The van der Waals surface area contributed by atoms with Crippen LogP contribution in [0.1, 0.15) is 17.3 Å². The van der Waals surface area contributed by atoms with Gasteiger partial charge in [-0.2, -0.15) is 0 Å². The molecule has 108 valence electrons. The lowest BCUT2D eigenvalue weighted by atomic mass is 10.2. The summed E-state index contributed by atoms with van der Waals surface area (Å²) in [4.78, 5) is 33.6. The lowest BCUT2D eigenvalue weighted by Crippen LogP contribution is -2.41. The Morgan fingerprint density at radius 3 is 2.50 bits per heavy atom. The van der Waals surface area contributed by atoms with Crippen LogP contribution < -0.4 is 10.6 Å². The van der Waals surface area contributed by atoms with Gasteiger partial charge in [0, 0.05) is 4.47 Å². The van der Waals surface area contributed by atoms with Crippen LogP contribution in [-0.2, 0) is 9.53 Å². The molecule has 7 nitrogen and oxygen atoms in total. The fourth-order valence-electron chi connectivity index (χ4n) is 1.34. The van der Waals surface area contributed by atoms with Crippen molar-refractivity contribution in [2.75, 3.05) is 12.4 Å². The molecule has 0 aliphatic heterocycles. The zero-order chi connectivity index (χ0) is 15.3. The van der Waals surface area contributed by atoms with E-state index in [2.05, 4.69) is 31.3 Å². The Labute approximate surface area is 123 Å². The van der Waals surface area contributed by atoms with E-state index in [9.17, 15) is 14.4 Å². The number of aromatic carboxylic acids is 1. The number of benzene rings is 1. The van der Waals surface area contributed by atoms with Crippen LogP contribution in [0.25, 0.3) is 0 Å². The van der Waals surface area contributed by atoms with E-state index in [-0.39, 0.29) is 5.56 Å². The number of amides is 2. The predicted octanol–water partition coefficient (Wildman–Crippen LogP) is 1.83. The van der Waals surface area contributed by atoms with Gasteiger partial charge < -0.3 is 20.5 Å². The highest BCUT2D eigenvalue weighted by Crippen LogP contribution is 2.23. The molecule has 1 rings (SSSR count). The SMILES string of the molecule is COC(=O)C(C)NC(=O)Nc1ccc(C(=O)O)cc1Br. The highest BCUT2D eigenvalue weighted by Gasteiger charge is 2.16. The zero-order valence-corrected chi connectivity index (χ0v) is 12.4. The van der Waals surface area contributed by atoms with Crippen LogP contribution in [0.15, 0.2) is 22.7 Å². The molecule has 0 aliphatic carbocycles. The van der Waals surface area contributed by atoms with Gasteiger partial charge in [-0.1, -0.05) is 0 Å². The van der Waals surface area contributed by atoms with E-state index in [4.69, 9.17) is 5.11 Å². The van der Waals surface area contributed by atoms with Gasteiger partial charge in [0.15, 0.2) is 0 Å². The molecule has 3 N–H and O–H groups in total. The molecule has 1 atom stereocenters. The molecular weight excluding hydrogens is 332 g/mol. The van der Waals surface area contributed by atoms with Crippen LogP contribution in [0.3, 0.4) is 0 Å². The van der Waals surface area contributed by atoms with Crippen LogP contribution in [0.5, 0.6) is 0 Å². The molecule has 2 amide bonds. The minimum atomic E-state index is -1.07. The van der Waals surface area contributed by atoms with E-state index in [1.165, 1.54) is 32.2 Å². The Bertz CT molecular complexity index is 547. The normalized spacial score (nSPS) is 11.3. The highest BCUT2D eigenvalue weighted by molar-refractivity contribution is 9.10. The molecule has 0 spiro atoms. The van der Waals surface area contributed by atoms with Gasteiger partial charge in [0.1, 0.15) is 6.04 Å². The molecule has 8 heteroatoms. The summed E-state index contributed by atoms with van der Waals surface area (Å²) in [6.45, 7) is 1.48. The number of esters is 1. The Balaban J connectivity index is 2.71. The Kier molecular flexibility index (Phi) is 5.51. The third-order valence-corrected chi connectivity index (χ3v) is 3.02. The van der Waals surface area contributed by atoms with Crippen LogP contribution >= 0.6 is 15.9 Å². The Morgan fingerprint density at radius 2 is 2.00 bits per heavy atom. The molecule has 20 heavy (non-hydrogen) atoms. The monoisotopic (exact) mass is 344 g/mol. The van der Waals surface area contributed by atoms with Gasteiger partial charge in [-0.25, -0.2) is 14.4 Å². The maximum atomic E-state index is 11.6. The molecule has 0 aliphatic rings. The molecule has 0 saturated carbocycles. The first kappa shape index (κ1) is 16.0. The molecule has 0 fully saturated rings. The number of hydrogen-bond acceptors (Lipinski definition) is 4. The molecule has 1 aromatic carbocycles. The number of hydrogen-bond donors (Lipinski definition) is 3. The van der Waals surface area contributed by atoms with Crippen LogP contribution in [0, 0.1) is 0 Å². The maximum absolute atomic E-state index is 11.6. The van der Waals surface area contributed by atoms with Gasteiger partial charge in [0.05, 0.1) is 18.4 Å². The van der Waals surface area contributed by atoms with Crippen molar-refractivity contribution in [2.45, 2.75) is 13.0 Å². The van der Waals surface area contributed by atoms with Gasteiger partial charge >= 0.3 is 18.0 Å². The van der Waals surface area contributed by atoms with E-state index in [1.807, 2.05) is 0 Å². The number of carbonyl (C=O) groups excluding carboxylic acids is 2. The Hall–Kier alpha value is -2.09. The molecule has 1 aromatic rings. The molecular formula is C12H13BrN2O5. The molecule has 1 unspecified atom stereocenters. The number of rotatable bonds is 4. The van der Waals surface area contributed by atoms with E-state index in [0.717, 1.165) is 0 Å². The number of methoxy groups -OCH3 is 1. The van der Waals surface area contributed by atoms with Crippen molar-refractivity contribution < 1.29 is 24.2 Å². The van der Waals surface area contributed by atoms with Gasteiger partial charge in [-0.3, -0.25) is 0 Å². The third kappa shape index (κ3) is 4.23. The lowest BCUT2D eigenvalue weighted by Gasteiger charge is -2.13. The van der Waals surface area contributed by atoms with Crippen molar-refractivity contribution in [1.29, 1.82) is 0 Å². The number of urea groups is 1. The van der Waals surface area contributed by atoms with E-state index < -0.39 is 24.0 Å². The second-order valence-electron chi connectivity index (χ2n) is 3.84. The standard InChI is InChI=1S/C12H13BrN2O5/c1-6(11(18)20-2)14-12(19)15-9-4-3-7(10(16)17)5-8(9)13/h3-6H,1-2H3,(H,16,17)(H2,14,15,19). The van der Waals surface area contributed by atoms with E-state index in [0.29, 0.717) is 10.2 Å². The Morgan fingerprint density at radius 1 is 1.35 bits per heavy atom. The second kappa shape index (κ2) is 6.90. The highest BCUT2D eigenvalue weighted by atomic mass is 79.9. The maximum Gasteiger partial charge on any atom is 0.335 e. The molecule has 0 radical (unpaired) electrons. The average Bonchev–Trinajstić information content (AvgIpc) is 2.39. The summed E-state index contributed by atoms with van der Waals surface area (Å²) in [5.41, 5.74) is 0.468. The minimum Gasteiger partial charge on any atom is -0.478 e. The summed E-state index contributed by atoms with van der Waals surface area (Å²) in [6.07, 6.45) is 0. The fourth-order valence-corrected chi connectivity index (χ4v) is 1.82. The fraction of sp³-hybridized carbons (Fsp3) is 0.250. The topological polar surface area (TPSA) is 105 Å². The van der Waals surface area contributed by atoms with Crippen molar-refractivity contribution in [1.82, 2.24) is 5.32 Å². The second-order valence-corrected chi connectivity index (χ2v) is 4.70. The molecule has 0 bridgehead atoms. The first-order valence-electron chi connectivity index (χ1n) is 5.53. The smallest absolute Gasteiger partial charge is 0.335 e. The first-order valence-corrected chi connectivity index (χ1v) is 6.32. The summed E-state index contributed by atoms with van der Waals surface area (Å²) in [5.74, 6) is -1.64. The van der Waals surface area contributed by atoms with Crippen LogP contribution in [0.4, 0.5) is 10.5 Å². The van der Waals surface area contributed by atoms with Crippen LogP contribution in [0.2, 0.25) is 0 Å². The van der Waals surface area contributed by atoms with Gasteiger partial charge in [-0.05, 0) is 41.1 Å². The summed E-state index contributed by atoms with van der Waals surface area (Å²) < 4.78 is 4.89.